The summed E-state index contributed by atoms with van der Waals surface area (Å²) in [5.74, 6) is 0.961. The van der Waals surface area contributed by atoms with Crippen molar-refractivity contribution in [3.8, 4) is 11.5 Å². The highest BCUT2D eigenvalue weighted by atomic mass is 16.5. The molecule has 2 aliphatic rings. The zero-order valence-electron chi connectivity index (χ0n) is 18.8. The van der Waals surface area contributed by atoms with E-state index in [1.165, 1.54) is 12.8 Å². The maximum Gasteiger partial charge on any atom is 0.229 e. The van der Waals surface area contributed by atoms with Crippen molar-refractivity contribution in [2.45, 2.75) is 25.7 Å². The molecular weight excluding hydrogens is 406 g/mol. The molecule has 0 aliphatic carbocycles. The van der Waals surface area contributed by atoms with Gasteiger partial charge >= 0.3 is 0 Å². The van der Waals surface area contributed by atoms with Crippen LogP contribution in [0.15, 0.2) is 42.5 Å². The third-order valence-electron chi connectivity index (χ3n) is 6.31. The van der Waals surface area contributed by atoms with Crippen LogP contribution in [0.1, 0.15) is 24.8 Å². The molecule has 2 aromatic carbocycles. The quantitative estimate of drug-likeness (QED) is 0.686. The van der Waals surface area contributed by atoms with Crippen LogP contribution >= 0.6 is 0 Å². The molecular formula is C25H31N3O4. The number of hydrogen-bond donors (Lipinski definition) is 1. The van der Waals surface area contributed by atoms with Crippen LogP contribution in [0.5, 0.6) is 11.5 Å². The van der Waals surface area contributed by atoms with Crippen LogP contribution in [0.2, 0.25) is 0 Å². The molecule has 7 heteroatoms. The lowest BCUT2D eigenvalue weighted by Gasteiger charge is -2.22. The van der Waals surface area contributed by atoms with Crippen molar-refractivity contribution in [3.05, 3.63) is 48.0 Å². The zero-order chi connectivity index (χ0) is 22.5. The first-order chi connectivity index (χ1) is 15.6. The molecule has 2 heterocycles. The average molecular weight is 438 g/mol. The van der Waals surface area contributed by atoms with E-state index in [9.17, 15) is 9.59 Å². The van der Waals surface area contributed by atoms with Crippen LogP contribution < -0.4 is 19.7 Å². The van der Waals surface area contributed by atoms with Crippen molar-refractivity contribution in [1.82, 2.24) is 4.90 Å². The monoisotopic (exact) mass is 437 g/mol. The second-order valence-electron chi connectivity index (χ2n) is 8.38. The van der Waals surface area contributed by atoms with Crippen LogP contribution in [-0.2, 0) is 16.0 Å². The summed E-state index contributed by atoms with van der Waals surface area (Å²) in [6, 6.07) is 13.7. The summed E-state index contributed by atoms with van der Waals surface area (Å²) >= 11 is 0. The summed E-state index contributed by atoms with van der Waals surface area (Å²) in [6.07, 6.45) is 3.30. The summed E-state index contributed by atoms with van der Waals surface area (Å²) in [5.41, 5.74) is 2.95. The standard InChI is InChI=1S/C25H31N3O4/c1-31-22-10-9-18(15-23(22)32-2)11-14-28-17-19(16-24(28)29)25(30)26-20-7-3-4-8-21(20)27-12-5-6-13-27/h3-4,7-10,15,19H,5-6,11-14,16-17H2,1-2H3,(H,26,30). The van der Waals surface area contributed by atoms with Gasteiger partial charge in [-0.2, -0.15) is 0 Å². The second-order valence-corrected chi connectivity index (χ2v) is 8.38. The van der Waals surface area contributed by atoms with Gasteiger partial charge in [-0.1, -0.05) is 18.2 Å². The molecule has 0 bridgehead atoms. The molecule has 2 saturated heterocycles. The summed E-state index contributed by atoms with van der Waals surface area (Å²) in [7, 11) is 3.21. The highest BCUT2D eigenvalue weighted by molar-refractivity contribution is 5.99. The van der Waals surface area contributed by atoms with Crippen LogP contribution in [0.3, 0.4) is 0 Å². The van der Waals surface area contributed by atoms with Gasteiger partial charge in [-0.3, -0.25) is 9.59 Å². The number of amides is 2. The van der Waals surface area contributed by atoms with Crippen LogP contribution in [0.25, 0.3) is 0 Å². The van der Waals surface area contributed by atoms with Crippen LogP contribution in [0, 0.1) is 5.92 Å². The van der Waals surface area contributed by atoms with Crippen LogP contribution in [0.4, 0.5) is 11.4 Å². The van der Waals surface area contributed by atoms with Gasteiger partial charge < -0.3 is 24.6 Å². The third-order valence-corrected chi connectivity index (χ3v) is 6.31. The van der Waals surface area contributed by atoms with Gasteiger partial charge in [0.1, 0.15) is 0 Å². The Morgan fingerprint density at radius 1 is 1.06 bits per heavy atom. The number of hydrogen-bond acceptors (Lipinski definition) is 5. The Hall–Kier alpha value is -3.22. The molecule has 1 atom stereocenters. The number of nitrogens with one attached hydrogen (secondary N) is 1. The Balaban J connectivity index is 1.35. The summed E-state index contributed by atoms with van der Waals surface area (Å²) in [4.78, 5) is 29.6. The SMILES string of the molecule is COc1ccc(CCN2CC(C(=O)Nc3ccccc3N3CCCC3)CC2=O)cc1OC. The van der Waals surface area contributed by atoms with E-state index < -0.39 is 0 Å². The second kappa shape index (κ2) is 9.94. The van der Waals surface area contributed by atoms with E-state index in [0.717, 1.165) is 30.0 Å². The fourth-order valence-electron chi connectivity index (χ4n) is 4.51. The van der Waals surface area contributed by atoms with Crippen molar-refractivity contribution in [1.29, 1.82) is 0 Å². The number of benzene rings is 2. The minimum Gasteiger partial charge on any atom is -0.493 e. The normalized spacial score (nSPS) is 18.2. The fourth-order valence-corrected chi connectivity index (χ4v) is 4.51. The Kier molecular flexibility index (Phi) is 6.83. The lowest BCUT2D eigenvalue weighted by molar-refractivity contribution is -0.128. The molecule has 7 nitrogen and oxygen atoms in total. The fraction of sp³-hybridized carbons (Fsp3) is 0.440. The number of methoxy groups -OCH3 is 2. The van der Waals surface area contributed by atoms with Gasteiger partial charge in [0.05, 0.1) is 31.5 Å². The van der Waals surface area contributed by atoms with Gasteiger partial charge in [0.15, 0.2) is 11.5 Å². The van der Waals surface area contributed by atoms with E-state index in [2.05, 4.69) is 16.3 Å². The molecule has 170 valence electrons. The van der Waals surface area contributed by atoms with E-state index in [1.54, 1.807) is 19.1 Å². The van der Waals surface area contributed by atoms with Gasteiger partial charge in [-0.25, -0.2) is 0 Å². The van der Waals surface area contributed by atoms with E-state index in [4.69, 9.17) is 9.47 Å². The summed E-state index contributed by atoms with van der Waals surface area (Å²) in [6.45, 7) is 3.05. The third kappa shape index (κ3) is 4.82. The number of carbonyl (C=O) groups is 2. The Bertz CT molecular complexity index is 971. The molecule has 0 spiro atoms. The predicted octanol–water partition coefficient (Wildman–Crippen LogP) is 3.33. The molecule has 0 saturated carbocycles. The minimum absolute atomic E-state index is 0.0263. The first-order valence-corrected chi connectivity index (χ1v) is 11.2. The Morgan fingerprint density at radius 3 is 2.56 bits per heavy atom. The van der Waals surface area contributed by atoms with Crippen molar-refractivity contribution < 1.29 is 19.1 Å². The minimum atomic E-state index is -0.334. The molecule has 4 rings (SSSR count). The molecule has 1 unspecified atom stereocenters. The zero-order valence-corrected chi connectivity index (χ0v) is 18.8. The van der Waals surface area contributed by atoms with Gasteiger partial charge in [-0.15, -0.1) is 0 Å². The number of anilines is 2. The Morgan fingerprint density at radius 2 is 1.81 bits per heavy atom. The van der Waals surface area contributed by atoms with Gasteiger partial charge in [-0.05, 0) is 49.1 Å². The van der Waals surface area contributed by atoms with Crippen molar-refractivity contribution >= 4 is 23.2 Å². The van der Waals surface area contributed by atoms with E-state index >= 15 is 0 Å². The van der Waals surface area contributed by atoms with E-state index in [0.29, 0.717) is 31.0 Å². The van der Waals surface area contributed by atoms with Gasteiger partial charge in [0.2, 0.25) is 11.8 Å². The first kappa shape index (κ1) is 22.0. The molecule has 1 N–H and O–H groups in total. The van der Waals surface area contributed by atoms with Crippen molar-refractivity contribution in [2.75, 3.05) is 50.6 Å². The lowest BCUT2D eigenvalue weighted by atomic mass is 10.1. The number of likely N-dealkylation sites (tertiary alicyclic amines) is 1. The summed E-state index contributed by atoms with van der Waals surface area (Å²) < 4.78 is 10.6. The summed E-state index contributed by atoms with van der Waals surface area (Å²) in [5, 5.41) is 3.08. The average Bonchev–Trinajstić information content (AvgIpc) is 3.48. The molecule has 2 fully saturated rings. The topological polar surface area (TPSA) is 71.1 Å². The molecule has 32 heavy (non-hydrogen) atoms. The van der Waals surface area contributed by atoms with Gasteiger partial charge in [0, 0.05) is 32.6 Å². The number of ether oxygens (including phenoxy) is 2. The molecule has 0 radical (unpaired) electrons. The predicted molar refractivity (Wildman–Crippen MR) is 124 cm³/mol. The smallest absolute Gasteiger partial charge is 0.229 e. The first-order valence-electron chi connectivity index (χ1n) is 11.2. The number of carbonyl (C=O) groups excluding carboxylic acids is 2. The number of para-hydroxylation sites is 2. The Labute approximate surface area is 189 Å². The number of rotatable bonds is 8. The molecule has 2 aromatic rings. The molecule has 2 aliphatic heterocycles. The van der Waals surface area contributed by atoms with Crippen LogP contribution in [-0.4, -0.2) is 57.1 Å². The van der Waals surface area contributed by atoms with Crippen molar-refractivity contribution in [2.24, 2.45) is 5.92 Å². The number of nitrogens with zero attached hydrogens (tertiary/aromatic N) is 2. The van der Waals surface area contributed by atoms with E-state index in [-0.39, 0.29) is 24.2 Å². The maximum absolute atomic E-state index is 13.0. The largest absolute Gasteiger partial charge is 0.493 e. The van der Waals surface area contributed by atoms with Crippen molar-refractivity contribution in [3.63, 3.8) is 0 Å². The maximum atomic E-state index is 13.0. The van der Waals surface area contributed by atoms with Gasteiger partial charge in [0.25, 0.3) is 0 Å². The molecule has 2 amide bonds. The highest BCUT2D eigenvalue weighted by Crippen LogP contribution is 2.30. The lowest BCUT2D eigenvalue weighted by Crippen LogP contribution is -2.30. The van der Waals surface area contributed by atoms with E-state index in [1.807, 2.05) is 36.4 Å². The molecule has 0 aromatic heterocycles. The highest BCUT2D eigenvalue weighted by Gasteiger charge is 2.34.